The lowest BCUT2D eigenvalue weighted by Gasteiger charge is -2.27. The molecule has 108 valence electrons. The van der Waals surface area contributed by atoms with E-state index in [1.54, 1.807) is 6.07 Å². The van der Waals surface area contributed by atoms with E-state index in [0.717, 1.165) is 25.3 Å². The van der Waals surface area contributed by atoms with Gasteiger partial charge in [-0.3, -0.25) is 4.98 Å². The molecule has 1 rings (SSSR count). The van der Waals surface area contributed by atoms with Crippen molar-refractivity contribution in [3.8, 4) is 0 Å². The molecule has 0 aliphatic heterocycles. The third kappa shape index (κ3) is 5.25. The van der Waals surface area contributed by atoms with E-state index in [9.17, 15) is 4.39 Å². The maximum absolute atomic E-state index is 12.8. The molecule has 1 aromatic rings. The molecule has 0 aliphatic carbocycles. The van der Waals surface area contributed by atoms with Crippen LogP contribution in [0.4, 0.5) is 4.39 Å². The van der Waals surface area contributed by atoms with E-state index in [1.807, 2.05) is 0 Å². The number of hydrogen-bond acceptors (Lipinski definition) is 3. The van der Waals surface area contributed by atoms with Gasteiger partial charge in [0.25, 0.3) is 0 Å². The summed E-state index contributed by atoms with van der Waals surface area (Å²) >= 11 is 0. The Balaban J connectivity index is 2.55. The largest absolute Gasteiger partial charge is 0.322 e. The van der Waals surface area contributed by atoms with Crippen LogP contribution in [-0.4, -0.2) is 29.5 Å². The zero-order valence-electron chi connectivity index (χ0n) is 12.3. The minimum atomic E-state index is -0.318. The van der Waals surface area contributed by atoms with E-state index < -0.39 is 0 Å². The summed E-state index contributed by atoms with van der Waals surface area (Å²) in [6.07, 6.45) is 3.65. The average Bonchev–Trinajstić information content (AvgIpc) is 2.43. The van der Waals surface area contributed by atoms with E-state index in [1.165, 1.54) is 25.1 Å². The highest BCUT2D eigenvalue weighted by Gasteiger charge is 2.18. The lowest BCUT2D eigenvalue weighted by Crippen LogP contribution is -2.34. The second kappa shape index (κ2) is 8.23. The van der Waals surface area contributed by atoms with Crippen molar-refractivity contribution in [2.45, 2.75) is 39.7 Å². The molecule has 2 atom stereocenters. The highest BCUT2D eigenvalue weighted by molar-refractivity contribution is 5.10. The van der Waals surface area contributed by atoms with Crippen molar-refractivity contribution in [1.29, 1.82) is 0 Å². The molecule has 19 heavy (non-hydrogen) atoms. The van der Waals surface area contributed by atoms with Crippen LogP contribution in [0.3, 0.4) is 0 Å². The molecule has 0 aromatic carbocycles. The first-order valence-electron chi connectivity index (χ1n) is 7.17. The lowest BCUT2D eigenvalue weighted by molar-refractivity contribution is 0.228. The van der Waals surface area contributed by atoms with Gasteiger partial charge in [0.1, 0.15) is 5.82 Å². The van der Waals surface area contributed by atoms with Crippen molar-refractivity contribution in [3.05, 3.63) is 29.8 Å². The summed E-state index contributed by atoms with van der Waals surface area (Å²) in [5, 5.41) is 0. The first kappa shape index (κ1) is 16.1. The summed E-state index contributed by atoms with van der Waals surface area (Å²) in [5.74, 6) is -0.0171. The Hall–Kier alpha value is -1.00. The molecule has 0 fully saturated rings. The van der Waals surface area contributed by atoms with Gasteiger partial charge in [0.05, 0.1) is 17.9 Å². The minimum Gasteiger partial charge on any atom is -0.322 e. The number of nitrogens with two attached hydrogens (primary N) is 1. The second-order valence-electron chi connectivity index (χ2n) is 5.15. The zero-order valence-corrected chi connectivity index (χ0v) is 12.3. The summed E-state index contributed by atoms with van der Waals surface area (Å²) in [5.41, 5.74) is 6.97. The Morgan fingerprint density at radius 3 is 2.63 bits per heavy atom. The second-order valence-corrected chi connectivity index (χ2v) is 5.15. The van der Waals surface area contributed by atoms with Gasteiger partial charge in [0.2, 0.25) is 0 Å². The quantitative estimate of drug-likeness (QED) is 0.787. The molecule has 0 aliphatic rings. The molecule has 4 heteroatoms. The molecule has 3 nitrogen and oxygen atoms in total. The fraction of sp³-hybridized carbons (Fsp3) is 0.667. The SMILES string of the molecule is CCCCN(CC)CC(C)C(N)c1ccc(F)cn1. The summed E-state index contributed by atoms with van der Waals surface area (Å²) in [6, 6.07) is 2.96. The molecule has 0 saturated heterocycles. The van der Waals surface area contributed by atoms with Crippen LogP contribution in [0, 0.1) is 11.7 Å². The number of nitrogens with zero attached hydrogens (tertiary/aromatic N) is 2. The Morgan fingerprint density at radius 1 is 1.37 bits per heavy atom. The zero-order chi connectivity index (χ0) is 14.3. The van der Waals surface area contributed by atoms with E-state index in [4.69, 9.17) is 5.73 Å². The van der Waals surface area contributed by atoms with E-state index in [-0.39, 0.29) is 11.9 Å². The van der Waals surface area contributed by atoms with Crippen LogP contribution in [0.15, 0.2) is 18.3 Å². The van der Waals surface area contributed by atoms with Gasteiger partial charge in [-0.05, 0) is 37.6 Å². The number of halogens is 1. The van der Waals surface area contributed by atoms with Crippen LogP contribution in [0.5, 0.6) is 0 Å². The Kier molecular flexibility index (Phi) is 6.95. The topological polar surface area (TPSA) is 42.1 Å². The Morgan fingerprint density at radius 2 is 2.11 bits per heavy atom. The number of aromatic nitrogens is 1. The molecule has 1 heterocycles. The van der Waals surface area contributed by atoms with Crippen LogP contribution in [0.2, 0.25) is 0 Å². The molecule has 0 bridgehead atoms. The van der Waals surface area contributed by atoms with Gasteiger partial charge in [-0.15, -0.1) is 0 Å². The van der Waals surface area contributed by atoms with Crippen molar-refractivity contribution in [2.75, 3.05) is 19.6 Å². The first-order chi connectivity index (χ1) is 9.08. The van der Waals surface area contributed by atoms with E-state index >= 15 is 0 Å². The number of pyridine rings is 1. The third-order valence-electron chi connectivity index (χ3n) is 3.53. The van der Waals surface area contributed by atoms with Crippen LogP contribution < -0.4 is 5.73 Å². The molecule has 0 radical (unpaired) electrons. The normalized spacial score (nSPS) is 14.6. The van der Waals surface area contributed by atoms with Gasteiger partial charge >= 0.3 is 0 Å². The fourth-order valence-electron chi connectivity index (χ4n) is 2.16. The molecular formula is C15H26FN3. The monoisotopic (exact) mass is 267 g/mol. The van der Waals surface area contributed by atoms with Crippen molar-refractivity contribution in [1.82, 2.24) is 9.88 Å². The van der Waals surface area contributed by atoms with Crippen LogP contribution in [0.1, 0.15) is 45.3 Å². The van der Waals surface area contributed by atoms with Gasteiger partial charge in [-0.25, -0.2) is 4.39 Å². The molecule has 2 N–H and O–H groups in total. The predicted octanol–water partition coefficient (Wildman–Crippen LogP) is 2.98. The van der Waals surface area contributed by atoms with Gasteiger partial charge in [-0.2, -0.15) is 0 Å². The van der Waals surface area contributed by atoms with Crippen molar-refractivity contribution in [3.63, 3.8) is 0 Å². The average molecular weight is 267 g/mol. The maximum Gasteiger partial charge on any atom is 0.141 e. The number of unbranched alkanes of at least 4 members (excludes halogenated alkanes) is 1. The fourth-order valence-corrected chi connectivity index (χ4v) is 2.16. The van der Waals surface area contributed by atoms with Gasteiger partial charge < -0.3 is 10.6 Å². The van der Waals surface area contributed by atoms with Crippen molar-refractivity contribution >= 4 is 0 Å². The van der Waals surface area contributed by atoms with Crippen molar-refractivity contribution in [2.24, 2.45) is 11.7 Å². The van der Waals surface area contributed by atoms with Crippen LogP contribution >= 0.6 is 0 Å². The van der Waals surface area contributed by atoms with Gasteiger partial charge in [0, 0.05) is 6.54 Å². The third-order valence-corrected chi connectivity index (χ3v) is 3.53. The summed E-state index contributed by atoms with van der Waals surface area (Å²) < 4.78 is 12.8. The van der Waals surface area contributed by atoms with Crippen LogP contribution in [0.25, 0.3) is 0 Å². The molecular weight excluding hydrogens is 241 g/mol. The molecule has 0 saturated carbocycles. The van der Waals surface area contributed by atoms with Crippen molar-refractivity contribution < 1.29 is 4.39 Å². The van der Waals surface area contributed by atoms with Crippen LogP contribution in [-0.2, 0) is 0 Å². The lowest BCUT2D eigenvalue weighted by atomic mass is 9.98. The summed E-state index contributed by atoms with van der Waals surface area (Å²) in [6.45, 7) is 9.60. The Bertz CT molecular complexity index is 353. The highest BCUT2D eigenvalue weighted by Crippen LogP contribution is 2.18. The minimum absolute atomic E-state index is 0.142. The molecule has 0 amide bonds. The molecule has 2 unspecified atom stereocenters. The standard InChI is InChI=1S/C15H26FN3/c1-4-6-9-19(5-2)11-12(3)15(17)14-8-7-13(16)10-18-14/h7-8,10,12,15H,4-6,9,11,17H2,1-3H3. The Labute approximate surface area is 116 Å². The number of hydrogen-bond donors (Lipinski definition) is 1. The van der Waals surface area contributed by atoms with Gasteiger partial charge in [0.15, 0.2) is 0 Å². The smallest absolute Gasteiger partial charge is 0.141 e. The molecule has 0 spiro atoms. The summed E-state index contributed by atoms with van der Waals surface area (Å²) in [7, 11) is 0. The highest BCUT2D eigenvalue weighted by atomic mass is 19.1. The maximum atomic E-state index is 12.8. The molecule has 1 aromatic heterocycles. The summed E-state index contributed by atoms with van der Waals surface area (Å²) in [4.78, 5) is 6.49. The first-order valence-corrected chi connectivity index (χ1v) is 7.17. The van der Waals surface area contributed by atoms with Gasteiger partial charge in [-0.1, -0.05) is 27.2 Å². The number of rotatable bonds is 8. The van der Waals surface area contributed by atoms with E-state index in [2.05, 4.69) is 30.7 Å². The predicted molar refractivity (Wildman–Crippen MR) is 77.3 cm³/mol. The van der Waals surface area contributed by atoms with E-state index in [0.29, 0.717) is 5.92 Å².